The van der Waals surface area contributed by atoms with Gasteiger partial charge in [0.1, 0.15) is 0 Å². The third-order valence-corrected chi connectivity index (χ3v) is 5.34. The fraction of sp³-hybridized carbons (Fsp3) is 0.200. The Kier molecular flexibility index (Phi) is 5.43. The summed E-state index contributed by atoms with van der Waals surface area (Å²) in [5, 5.41) is 3.23. The van der Waals surface area contributed by atoms with Crippen molar-refractivity contribution in [3.05, 3.63) is 101 Å². The Bertz CT molecular complexity index is 1130. The molecule has 29 heavy (non-hydrogen) atoms. The first kappa shape index (κ1) is 18.9. The SMILES string of the molecule is Cc1ccc(CCC(=O)NC(c2ccccc2)c2ccc3nc[nH]c3c2)c(C)c1. The Morgan fingerprint density at radius 1 is 1.00 bits per heavy atom. The van der Waals surface area contributed by atoms with Gasteiger partial charge in [-0.3, -0.25) is 4.79 Å². The fourth-order valence-corrected chi connectivity index (χ4v) is 3.75. The van der Waals surface area contributed by atoms with Crippen molar-refractivity contribution >= 4 is 16.9 Å². The molecule has 4 rings (SSSR count). The Balaban J connectivity index is 1.54. The first-order valence-corrected chi connectivity index (χ1v) is 9.93. The van der Waals surface area contributed by atoms with Crippen LogP contribution in [0.4, 0.5) is 0 Å². The smallest absolute Gasteiger partial charge is 0.221 e. The number of imidazole rings is 1. The molecule has 0 aliphatic carbocycles. The van der Waals surface area contributed by atoms with E-state index >= 15 is 0 Å². The molecule has 0 aliphatic heterocycles. The van der Waals surface area contributed by atoms with Gasteiger partial charge in [-0.1, -0.05) is 60.2 Å². The maximum absolute atomic E-state index is 12.8. The van der Waals surface area contributed by atoms with E-state index in [4.69, 9.17) is 0 Å². The number of nitrogens with zero attached hydrogens (tertiary/aromatic N) is 1. The summed E-state index contributed by atoms with van der Waals surface area (Å²) in [4.78, 5) is 20.3. The second kappa shape index (κ2) is 8.31. The van der Waals surface area contributed by atoms with Crippen molar-refractivity contribution in [3.63, 3.8) is 0 Å². The molecule has 0 saturated heterocycles. The molecule has 0 radical (unpaired) electrons. The van der Waals surface area contributed by atoms with Gasteiger partial charge in [-0.2, -0.15) is 0 Å². The summed E-state index contributed by atoms with van der Waals surface area (Å²) >= 11 is 0. The van der Waals surface area contributed by atoms with Gasteiger partial charge in [0.15, 0.2) is 0 Å². The number of aromatic amines is 1. The number of aromatic nitrogens is 2. The number of fused-ring (bicyclic) bond motifs is 1. The highest BCUT2D eigenvalue weighted by atomic mass is 16.1. The maximum Gasteiger partial charge on any atom is 0.221 e. The van der Waals surface area contributed by atoms with Gasteiger partial charge in [0.25, 0.3) is 0 Å². The molecule has 0 fully saturated rings. The highest BCUT2D eigenvalue weighted by Gasteiger charge is 2.17. The van der Waals surface area contributed by atoms with Crippen molar-refractivity contribution in [1.29, 1.82) is 0 Å². The lowest BCUT2D eigenvalue weighted by Crippen LogP contribution is -2.29. The lowest BCUT2D eigenvalue weighted by molar-refractivity contribution is -0.121. The summed E-state index contributed by atoms with van der Waals surface area (Å²) in [7, 11) is 0. The zero-order valence-electron chi connectivity index (χ0n) is 16.8. The standard InChI is InChI=1S/C25H25N3O/c1-17-8-9-19(18(2)14-17)11-13-24(29)28-25(20-6-4-3-5-7-20)21-10-12-22-23(15-21)27-16-26-22/h3-10,12,14-16,25H,11,13H2,1-2H3,(H,26,27)(H,28,29). The number of carbonyl (C=O) groups excluding carboxylic acids is 1. The third-order valence-electron chi connectivity index (χ3n) is 5.34. The lowest BCUT2D eigenvalue weighted by Gasteiger charge is -2.20. The van der Waals surface area contributed by atoms with Crippen molar-refractivity contribution in [2.75, 3.05) is 0 Å². The van der Waals surface area contributed by atoms with Gasteiger partial charge in [0, 0.05) is 6.42 Å². The average molecular weight is 383 g/mol. The van der Waals surface area contributed by atoms with Gasteiger partial charge in [0.2, 0.25) is 5.91 Å². The molecule has 3 aromatic carbocycles. The van der Waals surface area contributed by atoms with Crippen LogP contribution >= 0.6 is 0 Å². The van der Waals surface area contributed by atoms with Gasteiger partial charge in [-0.25, -0.2) is 4.98 Å². The largest absolute Gasteiger partial charge is 0.345 e. The number of carbonyl (C=O) groups is 1. The monoisotopic (exact) mass is 383 g/mol. The average Bonchev–Trinajstić information content (AvgIpc) is 3.20. The molecule has 0 aliphatic rings. The lowest BCUT2D eigenvalue weighted by atomic mass is 9.97. The van der Waals surface area contributed by atoms with Crippen LogP contribution in [0.2, 0.25) is 0 Å². The predicted octanol–water partition coefficient (Wildman–Crippen LogP) is 5.02. The molecular weight excluding hydrogens is 358 g/mol. The predicted molar refractivity (Wildman–Crippen MR) is 117 cm³/mol. The highest BCUT2D eigenvalue weighted by Crippen LogP contribution is 2.25. The molecule has 146 valence electrons. The van der Waals surface area contributed by atoms with Gasteiger partial charge in [0.05, 0.1) is 23.4 Å². The Hall–Kier alpha value is -3.40. The minimum atomic E-state index is -0.199. The molecule has 1 unspecified atom stereocenters. The van der Waals surface area contributed by atoms with Crippen LogP contribution in [0.3, 0.4) is 0 Å². The van der Waals surface area contributed by atoms with E-state index in [1.54, 1.807) is 6.33 Å². The molecule has 0 saturated carbocycles. The van der Waals surface area contributed by atoms with Crippen LogP contribution in [-0.4, -0.2) is 15.9 Å². The van der Waals surface area contributed by atoms with Crippen LogP contribution in [0.5, 0.6) is 0 Å². The molecule has 0 bridgehead atoms. The number of hydrogen-bond acceptors (Lipinski definition) is 2. The first-order chi connectivity index (χ1) is 14.1. The molecule has 1 heterocycles. The second-order valence-electron chi connectivity index (χ2n) is 7.52. The van der Waals surface area contributed by atoms with E-state index < -0.39 is 0 Å². The fourth-order valence-electron chi connectivity index (χ4n) is 3.75. The first-order valence-electron chi connectivity index (χ1n) is 9.93. The Morgan fingerprint density at radius 3 is 2.62 bits per heavy atom. The van der Waals surface area contributed by atoms with Gasteiger partial charge in [-0.05, 0) is 54.7 Å². The Labute approximate surface area is 171 Å². The van der Waals surface area contributed by atoms with Crippen LogP contribution < -0.4 is 5.32 Å². The minimum absolute atomic E-state index is 0.0449. The number of rotatable bonds is 6. The van der Waals surface area contributed by atoms with Crippen molar-refractivity contribution in [2.24, 2.45) is 0 Å². The number of hydrogen-bond donors (Lipinski definition) is 2. The van der Waals surface area contributed by atoms with Gasteiger partial charge < -0.3 is 10.3 Å². The van der Waals surface area contributed by atoms with Gasteiger partial charge >= 0.3 is 0 Å². The molecule has 1 atom stereocenters. The summed E-state index contributed by atoms with van der Waals surface area (Å²) in [5.41, 5.74) is 7.69. The summed E-state index contributed by atoms with van der Waals surface area (Å²) in [6.07, 6.45) is 2.88. The van der Waals surface area contributed by atoms with Crippen LogP contribution in [-0.2, 0) is 11.2 Å². The van der Waals surface area contributed by atoms with Crippen LogP contribution in [0.15, 0.2) is 73.1 Å². The molecule has 4 aromatic rings. The summed E-state index contributed by atoms with van der Waals surface area (Å²) in [6, 6.07) is 22.4. The zero-order chi connectivity index (χ0) is 20.2. The Morgan fingerprint density at radius 2 is 1.83 bits per heavy atom. The van der Waals surface area contributed by atoms with E-state index in [-0.39, 0.29) is 11.9 Å². The summed E-state index contributed by atoms with van der Waals surface area (Å²) in [6.45, 7) is 4.19. The number of H-pyrrole nitrogens is 1. The van der Waals surface area contributed by atoms with Crippen LogP contribution in [0.25, 0.3) is 11.0 Å². The van der Waals surface area contributed by atoms with E-state index in [1.165, 1.54) is 16.7 Å². The van der Waals surface area contributed by atoms with Crippen molar-refractivity contribution in [2.45, 2.75) is 32.7 Å². The number of aryl methyl sites for hydroxylation is 3. The second-order valence-corrected chi connectivity index (χ2v) is 7.52. The normalized spacial score (nSPS) is 12.1. The van der Waals surface area contributed by atoms with Gasteiger partial charge in [-0.15, -0.1) is 0 Å². The molecule has 4 nitrogen and oxygen atoms in total. The van der Waals surface area contributed by atoms with Crippen molar-refractivity contribution in [3.8, 4) is 0 Å². The van der Waals surface area contributed by atoms with E-state index in [1.807, 2.05) is 42.5 Å². The third kappa shape index (κ3) is 4.37. The molecule has 2 N–H and O–H groups in total. The van der Waals surface area contributed by atoms with E-state index in [0.717, 1.165) is 28.6 Å². The van der Waals surface area contributed by atoms with Crippen LogP contribution in [0.1, 0.15) is 40.3 Å². The minimum Gasteiger partial charge on any atom is -0.345 e. The number of nitrogens with one attached hydrogen (secondary N) is 2. The number of amides is 1. The van der Waals surface area contributed by atoms with Crippen molar-refractivity contribution < 1.29 is 4.79 Å². The van der Waals surface area contributed by atoms with E-state index in [2.05, 4.69) is 53.4 Å². The van der Waals surface area contributed by atoms with E-state index in [0.29, 0.717) is 6.42 Å². The summed E-state index contributed by atoms with van der Waals surface area (Å²) < 4.78 is 0. The molecule has 4 heteroatoms. The molecule has 1 aromatic heterocycles. The quantitative estimate of drug-likeness (QED) is 0.491. The zero-order valence-corrected chi connectivity index (χ0v) is 16.8. The van der Waals surface area contributed by atoms with Crippen molar-refractivity contribution in [1.82, 2.24) is 15.3 Å². The maximum atomic E-state index is 12.8. The van der Waals surface area contributed by atoms with E-state index in [9.17, 15) is 4.79 Å². The molecular formula is C25H25N3O. The molecule has 1 amide bonds. The highest BCUT2D eigenvalue weighted by molar-refractivity contribution is 5.79. The van der Waals surface area contributed by atoms with Crippen LogP contribution in [0, 0.1) is 13.8 Å². The topological polar surface area (TPSA) is 57.8 Å². The molecule has 0 spiro atoms. The summed E-state index contributed by atoms with van der Waals surface area (Å²) in [5.74, 6) is 0.0449. The number of benzene rings is 3.